The van der Waals surface area contributed by atoms with Crippen LogP contribution in [0.2, 0.25) is 0 Å². The second-order valence-electron chi connectivity index (χ2n) is 5.74. The molecule has 0 aliphatic carbocycles. The quantitative estimate of drug-likeness (QED) is 0.733. The Bertz CT molecular complexity index is 574. The SMILES string of the molecule is COCCN(C)S(=O)(=O)N(C)C1CCN(c2ccccn2)CC1. The van der Waals surface area contributed by atoms with Gasteiger partial charge in [-0.05, 0) is 25.0 Å². The smallest absolute Gasteiger partial charge is 0.281 e. The molecule has 2 heterocycles. The van der Waals surface area contributed by atoms with E-state index >= 15 is 0 Å². The highest BCUT2D eigenvalue weighted by molar-refractivity contribution is 7.86. The number of anilines is 1. The van der Waals surface area contributed by atoms with Gasteiger partial charge in [0.25, 0.3) is 10.2 Å². The Morgan fingerprint density at radius 3 is 2.57 bits per heavy atom. The van der Waals surface area contributed by atoms with Gasteiger partial charge in [-0.15, -0.1) is 0 Å². The molecule has 1 aromatic heterocycles. The maximum Gasteiger partial charge on any atom is 0.281 e. The molecule has 8 heteroatoms. The topological polar surface area (TPSA) is 66.0 Å². The van der Waals surface area contributed by atoms with Crippen LogP contribution in [0.15, 0.2) is 24.4 Å². The predicted octanol–water partition coefficient (Wildman–Crippen LogP) is 0.805. The van der Waals surface area contributed by atoms with Gasteiger partial charge in [0.2, 0.25) is 0 Å². The van der Waals surface area contributed by atoms with Crippen LogP contribution in [0.4, 0.5) is 5.82 Å². The number of nitrogens with zero attached hydrogens (tertiary/aromatic N) is 4. The second kappa shape index (κ2) is 8.05. The third-order valence-corrected chi connectivity index (χ3v) is 6.32. The van der Waals surface area contributed by atoms with Gasteiger partial charge in [0.05, 0.1) is 6.61 Å². The van der Waals surface area contributed by atoms with Crippen molar-refractivity contribution in [1.29, 1.82) is 0 Å². The van der Waals surface area contributed by atoms with E-state index in [-0.39, 0.29) is 6.04 Å². The summed E-state index contributed by atoms with van der Waals surface area (Å²) in [5, 5.41) is 0. The summed E-state index contributed by atoms with van der Waals surface area (Å²) in [5.41, 5.74) is 0. The molecule has 0 aromatic carbocycles. The van der Waals surface area contributed by atoms with E-state index in [1.165, 1.54) is 8.61 Å². The van der Waals surface area contributed by atoms with E-state index in [4.69, 9.17) is 4.74 Å². The average Bonchev–Trinajstić information content (AvgIpc) is 2.59. The van der Waals surface area contributed by atoms with Crippen LogP contribution >= 0.6 is 0 Å². The van der Waals surface area contributed by atoms with E-state index in [0.717, 1.165) is 31.7 Å². The fourth-order valence-electron chi connectivity index (χ4n) is 2.74. The summed E-state index contributed by atoms with van der Waals surface area (Å²) < 4.78 is 32.9. The highest BCUT2D eigenvalue weighted by Crippen LogP contribution is 2.22. The normalized spacial score (nSPS) is 17.2. The van der Waals surface area contributed by atoms with Gasteiger partial charge in [0.1, 0.15) is 5.82 Å². The molecule has 0 radical (unpaired) electrons. The fraction of sp³-hybridized carbons (Fsp3) is 0.667. The van der Waals surface area contributed by atoms with E-state index < -0.39 is 10.2 Å². The Morgan fingerprint density at radius 1 is 1.30 bits per heavy atom. The number of ether oxygens (including phenoxy) is 1. The van der Waals surface area contributed by atoms with Crippen LogP contribution in [0.5, 0.6) is 0 Å². The van der Waals surface area contributed by atoms with Crippen LogP contribution in [0.3, 0.4) is 0 Å². The number of pyridine rings is 1. The lowest BCUT2D eigenvalue weighted by Crippen LogP contribution is -2.50. The minimum absolute atomic E-state index is 0.0185. The Kier molecular flexibility index (Phi) is 6.34. The average molecular weight is 342 g/mol. The molecule has 1 aliphatic rings. The lowest BCUT2D eigenvalue weighted by atomic mass is 10.1. The molecule has 130 valence electrons. The molecule has 0 unspecified atom stereocenters. The van der Waals surface area contributed by atoms with Gasteiger partial charge in [-0.1, -0.05) is 6.07 Å². The van der Waals surface area contributed by atoms with Crippen molar-refractivity contribution in [2.45, 2.75) is 18.9 Å². The lowest BCUT2D eigenvalue weighted by Gasteiger charge is -2.37. The summed E-state index contributed by atoms with van der Waals surface area (Å²) in [6.07, 6.45) is 3.37. The minimum atomic E-state index is -3.44. The van der Waals surface area contributed by atoms with Crippen molar-refractivity contribution in [3.8, 4) is 0 Å². The fourth-order valence-corrected chi connectivity index (χ4v) is 4.08. The third-order valence-electron chi connectivity index (χ3n) is 4.32. The van der Waals surface area contributed by atoms with Crippen molar-refractivity contribution in [2.75, 3.05) is 52.3 Å². The molecule has 0 amide bonds. The largest absolute Gasteiger partial charge is 0.383 e. The Morgan fingerprint density at radius 2 is 2.00 bits per heavy atom. The number of rotatable bonds is 7. The number of hydrogen-bond donors (Lipinski definition) is 0. The first-order valence-corrected chi connectivity index (χ1v) is 9.20. The van der Waals surface area contributed by atoms with E-state index in [1.807, 2.05) is 18.2 Å². The van der Waals surface area contributed by atoms with Crippen LogP contribution < -0.4 is 4.90 Å². The van der Waals surface area contributed by atoms with Crippen molar-refractivity contribution in [2.24, 2.45) is 0 Å². The Balaban J connectivity index is 1.94. The van der Waals surface area contributed by atoms with Crippen molar-refractivity contribution in [1.82, 2.24) is 13.6 Å². The molecule has 0 N–H and O–H groups in total. The van der Waals surface area contributed by atoms with E-state index in [1.54, 1.807) is 27.4 Å². The molecule has 7 nitrogen and oxygen atoms in total. The molecule has 0 atom stereocenters. The van der Waals surface area contributed by atoms with Crippen LogP contribution in [0.1, 0.15) is 12.8 Å². The van der Waals surface area contributed by atoms with Gasteiger partial charge in [-0.2, -0.15) is 17.0 Å². The molecule has 0 bridgehead atoms. The summed E-state index contributed by atoms with van der Waals surface area (Å²) in [7, 11) is 1.38. The number of likely N-dealkylation sites (N-methyl/N-ethyl adjacent to an activating group) is 1. The summed E-state index contributed by atoms with van der Waals surface area (Å²) in [6, 6.07) is 5.87. The molecular weight excluding hydrogens is 316 g/mol. The number of piperidine rings is 1. The molecule has 1 fully saturated rings. The predicted molar refractivity (Wildman–Crippen MR) is 90.7 cm³/mol. The van der Waals surface area contributed by atoms with E-state index in [2.05, 4.69) is 9.88 Å². The van der Waals surface area contributed by atoms with Gasteiger partial charge < -0.3 is 9.64 Å². The van der Waals surface area contributed by atoms with Crippen LogP contribution in [0.25, 0.3) is 0 Å². The lowest BCUT2D eigenvalue weighted by molar-refractivity contribution is 0.181. The standard InChI is InChI=1S/C15H26N4O3S/c1-17(12-13-22-3)23(20,21)18(2)14-7-10-19(11-8-14)15-6-4-5-9-16-15/h4-6,9,14H,7-8,10-13H2,1-3H3. The van der Waals surface area contributed by atoms with Crippen LogP contribution in [0, 0.1) is 0 Å². The number of hydrogen-bond acceptors (Lipinski definition) is 5. The van der Waals surface area contributed by atoms with Gasteiger partial charge >= 0.3 is 0 Å². The van der Waals surface area contributed by atoms with Crippen LogP contribution in [-0.2, 0) is 14.9 Å². The highest BCUT2D eigenvalue weighted by Gasteiger charge is 2.32. The molecule has 0 spiro atoms. The summed E-state index contributed by atoms with van der Waals surface area (Å²) >= 11 is 0. The Labute approximate surface area is 139 Å². The highest BCUT2D eigenvalue weighted by atomic mass is 32.2. The van der Waals surface area contributed by atoms with Gasteiger partial charge in [-0.3, -0.25) is 0 Å². The molecule has 1 saturated heterocycles. The minimum Gasteiger partial charge on any atom is -0.383 e. The van der Waals surface area contributed by atoms with Crippen molar-refractivity contribution < 1.29 is 13.2 Å². The number of aromatic nitrogens is 1. The third kappa shape index (κ3) is 4.41. The van der Waals surface area contributed by atoms with Gasteiger partial charge in [0.15, 0.2) is 0 Å². The second-order valence-corrected chi connectivity index (χ2v) is 7.84. The summed E-state index contributed by atoms with van der Waals surface area (Å²) in [5.74, 6) is 0.952. The molecule has 1 aliphatic heterocycles. The molecule has 0 saturated carbocycles. The van der Waals surface area contributed by atoms with E-state index in [9.17, 15) is 8.42 Å². The first-order chi connectivity index (χ1) is 11.0. The summed E-state index contributed by atoms with van der Waals surface area (Å²) in [6.45, 7) is 2.37. The van der Waals surface area contributed by atoms with Crippen molar-refractivity contribution in [3.63, 3.8) is 0 Å². The first kappa shape index (κ1) is 18.1. The molecular formula is C15H26N4O3S. The molecule has 2 rings (SSSR count). The Hall–Kier alpha value is -1.22. The molecule has 23 heavy (non-hydrogen) atoms. The zero-order valence-corrected chi connectivity index (χ0v) is 14.9. The van der Waals surface area contributed by atoms with Gasteiger partial charge in [0, 0.05) is 53.1 Å². The zero-order chi connectivity index (χ0) is 16.9. The monoisotopic (exact) mass is 342 g/mol. The van der Waals surface area contributed by atoms with Gasteiger partial charge in [-0.25, -0.2) is 4.98 Å². The van der Waals surface area contributed by atoms with E-state index in [0.29, 0.717) is 13.2 Å². The summed E-state index contributed by atoms with van der Waals surface area (Å²) in [4.78, 5) is 6.55. The van der Waals surface area contributed by atoms with Crippen molar-refractivity contribution >= 4 is 16.0 Å². The molecule has 1 aromatic rings. The maximum absolute atomic E-state index is 12.6. The number of methoxy groups -OCH3 is 1. The zero-order valence-electron chi connectivity index (χ0n) is 14.1. The van der Waals surface area contributed by atoms with Crippen molar-refractivity contribution in [3.05, 3.63) is 24.4 Å². The first-order valence-electron chi connectivity index (χ1n) is 7.81. The maximum atomic E-state index is 12.6. The van der Waals surface area contributed by atoms with Crippen LogP contribution in [-0.4, -0.2) is 75.5 Å².